The SMILES string of the molecule is CN1C(=O)CC(C(=O)Nc2ccc3c(c2)oc(=O)n3C)C1c1cccc(Cl)c1. The molecule has 1 saturated heterocycles. The number of fused-ring (bicyclic) bond motifs is 1. The van der Waals surface area contributed by atoms with Crippen LogP contribution in [0.2, 0.25) is 5.02 Å². The highest BCUT2D eigenvalue weighted by atomic mass is 35.5. The average molecular weight is 400 g/mol. The first-order valence-corrected chi connectivity index (χ1v) is 9.14. The van der Waals surface area contributed by atoms with Gasteiger partial charge in [-0.25, -0.2) is 4.79 Å². The molecule has 0 bridgehead atoms. The van der Waals surface area contributed by atoms with Crippen LogP contribution >= 0.6 is 11.6 Å². The number of hydrogen-bond acceptors (Lipinski definition) is 4. The summed E-state index contributed by atoms with van der Waals surface area (Å²) >= 11 is 6.09. The van der Waals surface area contributed by atoms with E-state index in [0.29, 0.717) is 21.8 Å². The minimum Gasteiger partial charge on any atom is -0.408 e. The molecule has 7 nitrogen and oxygen atoms in total. The molecule has 3 aromatic rings. The quantitative estimate of drug-likeness (QED) is 0.733. The second-order valence-electron chi connectivity index (χ2n) is 6.91. The molecule has 0 saturated carbocycles. The molecule has 2 amide bonds. The van der Waals surface area contributed by atoms with Crippen LogP contribution in [-0.2, 0) is 16.6 Å². The van der Waals surface area contributed by atoms with Crippen molar-refractivity contribution in [3.63, 3.8) is 0 Å². The molecular formula is C20H18ClN3O4. The first kappa shape index (κ1) is 18.3. The van der Waals surface area contributed by atoms with E-state index in [1.807, 2.05) is 6.07 Å². The molecule has 0 spiro atoms. The van der Waals surface area contributed by atoms with Crippen LogP contribution < -0.4 is 11.1 Å². The van der Waals surface area contributed by atoms with Crippen molar-refractivity contribution < 1.29 is 14.0 Å². The number of benzene rings is 2. The zero-order chi connectivity index (χ0) is 20.0. The van der Waals surface area contributed by atoms with Gasteiger partial charge in [-0.1, -0.05) is 23.7 Å². The van der Waals surface area contributed by atoms with Crippen LogP contribution in [-0.4, -0.2) is 28.3 Å². The fourth-order valence-corrected chi connectivity index (χ4v) is 3.90. The molecule has 1 fully saturated rings. The summed E-state index contributed by atoms with van der Waals surface area (Å²) in [7, 11) is 3.30. The number of aryl methyl sites for hydroxylation is 1. The van der Waals surface area contributed by atoms with Crippen molar-refractivity contribution in [2.24, 2.45) is 13.0 Å². The monoisotopic (exact) mass is 399 g/mol. The Hall–Kier alpha value is -3.06. The van der Waals surface area contributed by atoms with Crippen LogP contribution in [0.1, 0.15) is 18.0 Å². The summed E-state index contributed by atoms with van der Waals surface area (Å²) in [6, 6.07) is 11.8. The van der Waals surface area contributed by atoms with E-state index in [0.717, 1.165) is 5.56 Å². The zero-order valence-corrected chi connectivity index (χ0v) is 16.1. The summed E-state index contributed by atoms with van der Waals surface area (Å²) in [6.45, 7) is 0. The number of carbonyl (C=O) groups is 2. The molecule has 28 heavy (non-hydrogen) atoms. The number of halogens is 1. The van der Waals surface area contributed by atoms with Gasteiger partial charge >= 0.3 is 5.76 Å². The highest BCUT2D eigenvalue weighted by molar-refractivity contribution is 6.30. The van der Waals surface area contributed by atoms with Crippen molar-refractivity contribution in [3.8, 4) is 0 Å². The van der Waals surface area contributed by atoms with E-state index >= 15 is 0 Å². The fourth-order valence-electron chi connectivity index (χ4n) is 3.70. The van der Waals surface area contributed by atoms with Gasteiger partial charge in [-0.3, -0.25) is 14.2 Å². The summed E-state index contributed by atoms with van der Waals surface area (Å²) in [5.41, 5.74) is 2.33. The van der Waals surface area contributed by atoms with E-state index in [1.165, 1.54) is 4.57 Å². The second kappa shape index (κ2) is 6.83. The lowest BCUT2D eigenvalue weighted by molar-refractivity contribution is -0.127. The third-order valence-corrected chi connectivity index (χ3v) is 5.41. The van der Waals surface area contributed by atoms with Crippen LogP contribution in [0.5, 0.6) is 0 Å². The summed E-state index contributed by atoms with van der Waals surface area (Å²) < 4.78 is 6.55. The largest absolute Gasteiger partial charge is 0.419 e. The molecule has 1 aliphatic rings. The van der Waals surface area contributed by atoms with Crippen LogP contribution in [0.3, 0.4) is 0 Å². The maximum absolute atomic E-state index is 13.0. The number of likely N-dealkylation sites (tertiary alicyclic amines) is 1. The third kappa shape index (κ3) is 3.07. The maximum atomic E-state index is 13.0. The first-order chi connectivity index (χ1) is 13.3. The van der Waals surface area contributed by atoms with Gasteiger partial charge in [0.05, 0.1) is 17.5 Å². The van der Waals surface area contributed by atoms with Gasteiger partial charge in [0.25, 0.3) is 0 Å². The molecule has 4 rings (SSSR count). The number of hydrogen-bond donors (Lipinski definition) is 1. The van der Waals surface area contributed by atoms with E-state index in [4.69, 9.17) is 16.0 Å². The van der Waals surface area contributed by atoms with Gasteiger partial charge in [0.1, 0.15) is 0 Å². The molecule has 8 heteroatoms. The molecule has 144 valence electrons. The highest BCUT2D eigenvalue weighted by Crippen LogP contribution is 2.38. The van der Waals surface area contributed by atoms with Crippen LogP contribution in [0.4, 0.5) is 5.69 Å². The minimum absolute atomic E-state index is 0.102. The smallest absolute Gasteiger partial charge is 0.408 e. The summed E-state index contributed by atoms with van der Waals surface area (Å²) in [5, 5.41) is 3.39. The fraction of sp³-hybridized carbons (Fsp3) is 0.250. The summed E-state index contributed by atoms with van der Waals surface area (Å²) in [5.74, 6) is -1.41. The molecule has 2 heterocycles. The molecule has 2 aromatic carbocycles. The Kier molecular flexibility index (Phi) is 4.47. The first-order valence-electron chi connectivity index (χ1n) is 8.76. The molecule has 1 N–H and O–H groups in total. The number of amides is 2. The molecule has 2 atom stereocenters. The minimum atomic E-state index is -0.561. The van der Waals surface area contributed by atoms with Crippen molar-refractivity contribution in [1.82, 2.24) is 9.47 Å². The Bertz CT molecular complexity index is 1150. The van der Waals surface area contributed by atoms with Crippen molar-refractivity contribution in [2.75, 3.05) is 12.4 Å². The van der Waals surface area contributed by atoms with E-state index < -0.39 is 17.7 Å². The third-order valence-electron chi connectivity index (χ3n) is 5.17. The number of nitrogens with zero attached hydrogens (tertiary/aromatic N) is 2. The molecule has 2 unspecified atom stereocenters. The van der Waals surface area contributed by atoms with E-state index in [2.05, 4.69) is 5.32 Å². The second-order valence-corrected chi connectivity index (χ2v) is 7.35. The lowest BCUT2D eigenvalue weighted by atomic mass is 9.93. The van der Waals surface area contributed by atoms with Crippen molar-refractivity contribution in [2.45, 2.75) is 12.5 Å². The predicted octanol–water partition coefficient (Wildman–Crippen LogP) is 2.94. The van der Waals surface area contributed by atoms with Gasteiger partial charge in [0.15, 0.2) is 5.58 Å². The molecule has 0 radical (unpaired) electrons. The molecule has 0 aliphatic carbocycles. The average Bonchev–Trinajstić information content (AvgIpc) is 3.11. The summed E-state index contributed by atoms with van der Waals surface area (Å²) in [4.78, 5) is 38.5. The Balaban J connectivity index is 1.62. The van der Waals surface area contributed by atoms with Crippen molar-refractivity contribution in [3.05, 3.63) is 63.6 Å². The van der Waals surface area contributed by atoms with E-state index in [9.17, 15) is 14.4 Å². The lowest BCUT2D eigenvalue weighted by Crippen LogP contribution is -2.30. The van der Waals surface area contributed by atoms with Gasteiger partial charge in [-0.15, -0.1) is 0 Å². The standard InChI is InChI=1S/C20H18ClN3O4/c1-23-15-7-6-13(9-16(15)28-20(23)27)22-19(26)14-10-17(25)24(2)18(14)11-4-3-5-12(21)8-11/h3-9,14,18H,10H2,1-2H3,(H,22,26). The predicted molar refractivity (Wildman–Crippen MR) is 105 cm³/mol. The number of nitrogens with one attached hydrogen (secondary N) is 1. The Morgan fingerprint density at radius 1 is 1.18 bits per heavy atom. The maximum Gasteiger partial charge on any atom is 0.419 e. The van der Waals surface area contributed by atoms with Gasteiger partial charge in [0.2, 0.25) is 11.8 Å². The van der Waals surface area contributed by atoms with E-state index in [1.54, 1.807) is 55.4 Å². The molecular weight excluding hydrogens is 382 g/mol. The molecule has 1 aliphatic heterocycles. The van der Waals surface area contributed by atoms with E-state index in [-0.39, 0.29) is 18.2 Å². The number of carbonyl (C=O) groups excluding carboxylic acids is 2. The number of rotatable bonds is 3. The van der Waals surface area contributed by atoms with Crippen molar-refractivity contribution >= 4 is 40.2 Å². The number of aromatic nitrogens is 1. The van der Waals surface area contributed by atoms with Gasteiger partial charge in [-0.2, -0.15) is 0 Å². The number of anilines is 1. The lowest BCUT2D eigenvalue weighted by Gasteiger charge is -2.25. The van der Waals surface area contributed by atoms with Gasteiger partial charge in [0, 0.05) is 37.3 Å². The normalized spacial score (nSPS) is 19.4. The Labute approximate surface area is 165 Å². The summed E-state index contributed by atoms with van der Waals surface area (Å²) in [6.07, 6.45) is 0.113. The van der Waals surface area contributed by atoms with Crippen LogP contribution in [0.15, 0.2) is 51.7 Å². The topological polar surface area (TPSA) is 84.6 Å². The highest BCUT2D eigenvalue weighted by Gasteiger charge is 2.42. The molecule has 1 aromatic heterocycles. The number of oxazole rings is 1. The van der Waals surface area contributed by atoms with Crippen LogP contribution in [0.25, 0.3) is 11.1 Å². The van der Waals surface area contributed by atoms with Crippen molar-refractivity contribution in [1.29, 1.82) is 0 Å². The Morgan fingerprint density at radius 3 is 2.71 bits per heavy atom. The zero-order valence-electron chi connectivity index (χ0n) is 15.3. The van der Waals surface area contributed by atoms with Gasteiger partial charge in [-0.05, 0) is 29.8 Å². The van der Waals surface area contributed by atoms with Crippen LogP contribution in [0, 0.1) is 5.92 Å². The Morgan fingerprint density at radius 2 is 1.96 bits per heavy atom. The van der Waals surface area contributed by atoms with Gasteiger partial charge < -0.3 is 14.6 Å².